The van der Waals surface area contributed by atoms with E-state index in [0.29, 0.717) is 5.56 Å². The van der Waals surface area contributed by atoms with E-state index in [4.69, 9.17) is 10.3 Å². The molecular weight excluding hydrogens is 310 g/mol. The van der Waals surface area contributed by atoms with E-state index in [1.807, 2.05) is 48.5 Å². The summed E-state index contributed by atoms with van der Waals surface area (Å²) in [5.41, 5.74) is 4.25. The highest BCUT2D eigenvalue weighted by molar-refractivity contribution is 8.00. The minimum absolute atomic E-state index is 0.344. The van der Waals surface area contributed by atoms with Crippen molar-refractivity contribution in [3.63, 3.8) is 0 Å². The molecule has 4 N–H and O–H groups in total. The molecule has 1 amide bonds. The normalized spacial score (nSPS) is 10.3. The largest absolute Gasteiger partial charge is 0.464 e. The van der Waals surface area contributed by atoms with Crippen LogP contribution < -0.4 is 16.0 Å². The molecule has 0 saturated carbocycles. The first-order valence-electron chi connectivity index (χ1n) is 6.94. The van der Waals surface area contributed by atoms with Crippen molar-refractivity contribution in [2.24, 2.45) is 5.84 Å². The topological polar surface area (TPSA) is 80.3 Å². The Morgan fingerprint density at radius 3 is 2.57 bits per heavy atom. The number of nitrogens with one attached hydrogen (secondary N) is 2. The van der Waals surface area contributed by atoms with Crippen molar-refractivity contribution in [3.05, 3.63) is 72.5 Å². The molecule has 0 spiro atoms. The van der Waals surface area contributed by atoms with Gasteiger partial charge in [-0.05, 0) is 54.4 Å². The Labute approximate surface area is 138 Å². The zero-order valence-electron chi connectivity index (χ0n) is 12.2. The van der Waals surface area contributed by atoms with Crippen molar-refractivity contribution in [1.82, 2.24) is 5.43 Å². The van der Waals surface area contributed by atoms with Crippen LogP contribution in [0.5, 0.6) is 0 Å². The Hall–Kier alpha value is -2.70. The van der Waals surface area contributed by atoms with E-state index in [9.17, 15) is 4.79 Å². The van der Waals surface area contributed by atoms with E-state index < -0.39 is 0 Å². The second kappa shape index (κ2) is 7.04. The highest BCUT2D eigenvalue weighted by atomic mass is 32.2. The summed E-state index contributed by atoms with van der Waals surface area (Å²) >= 11 is 1.46. The van der Waals surface area contributed by atoms with Gasteiger partial charge in [0.15, 0.2) is 0 Å². The minimum Gasteiger partial charge on any atom is -0.464 e. The number of carbonyl (C=O) groups is 1. The zero-order chi connectivity index (χ0) is 16.1. The van der Waals surface area contributed by atoms with Crippen LogP contribution in [0.1, 0.15) is 10.4 Å². The van der Waals surface area contributed by atoms with E-state index in [-0.39, 0.29) is 5.91 Å². The van der Waals surface area contributed by atoms with Crippen LogP contribution in [0.2, 0.25) is 0 Å². The second-order valence-corrected chi connectivity index (χ2v) is 5.61. The van der Waals surface area contributed by atoms with Gasteiger partial charge in [0.2, 0.25) is 0 Å². The summed E-state index contributed by atoms with van der Waals surface area (Å²) in [6.45, 7) is 0. The Morgan fingerprint density at radius 2 is 1.87 bits per heavy atom. The SMILES string of the molecule is NNC(=O)c1ccc(-c2ccco2)c(NSc2ccccc2)c1. The summed E-state index contributed by atoms with van der Waals surface area (Å²) in [5, 5.41) is 0. The number of nitrogens with two attached hydrogens (primary N) is 1. The molecule has 0 aliphatic heterocycles. The van der Waals surface area contributed by atoms with Gasteiger partial charge in [-0.2, -0.15) is 0 Å². The summed E-state index contributed by atoms with van der Waals surface area (Å²) < 4.78 is 8.74. The molecule has 116 valence electrons. The maximum atomic E-state index is 11.7. The smallest absolute Gasteiger partial charge is 0.265 e. The number of hydrogen-bond donors (Lipinski definition) is 3. The molecule has 1 heterocycles. The molecule has 0 bridgehead atoms. The van der Waals surface area contributed by atoms with Gasteiger partial charge in [0.25, 0.3) is 5.91 Å². The molecule has 6 heteroatoms. The molecule has 0 aliphatic carbocycles. The zero-order valence-corrected chi connectivity index (χ0v) is 13.0. The average molecular weight is 325 g/mol. The Bertz CT molecular complexity index is 789. The highest BCUT2D eigenvalue weighted by Crippen LogP contribution is 2.32. The fourth-order valence-corrected chi connectivity index (χ4v) is 2.79. The summed E-state index contributed by atoms with van der Waals surface area (Å²) in [7, 11) is 0. The molecule has 5 nitrogen and oxygen atoms in total. The van der Waals surface area contributed by atoms with Crippen LogP contribution in [-0.4, -0.2) is 5.91 Å². The number of nitrogen functional groups attached to an aromatic ring is 1. The van der Waals surface area contributed by atoms with Crippen molar-refractivity contribution in [1.29, 1.82) is 0 Å². The molecule has 23 heavy (non-hydrogen) atoms. The maximum Gasteiger partial charge on any atom is 0.265 e. The lowest BCUT2D eigenvalue weighted by Gasteiger charge is -2.11. The molecule has 2 aromatic carbocycles. The van der Waals surface area contributed by atoms with Gasteiger partial charge < -0.3 is 9.14 Å². The molecule has 0 fully saturated rings. The van der Waals surface area contributed by atoms with E-state index in [2.05, 4.69) is 10.1 Å². The summed E-state index contributed by atoms with van der Waals surface area (Å²) in [6.07, 6.45) is 1.62. The summed E-state index contributed by atoms with van der Waals surface area (Å²) in [4.78, 5) is 12.8. The Morgan fingerprint density at radius 1 is 1.04 bits per heavy atom. The molecule has 0 radical (unpaired) electrons. The van der Waals surface area contributed by atoms with Gasteiger partial charge in [-0.15, -0.1) is 0 Å². The van der Waals surface area contributed by atoms with Crippen molar-refractivity contribution in [3.8, 4) is 11.3 Å². The minimum atomic E-state index is -0.344. The van der Waals surface area contributed by atoms with Crippen molar-refractivity contribution in [2.45, 2.75) is 4.90 Å². The van der Waals surface area contributed by atoms with Gasteiger partial charge in [0.05, 0.1) is 12.0 Å². The Kier molecular flexibility index (Phi) is 4.65. The molecule has 3 rings (SSSR count). The van der Waals surface area contributed by atoms with Crippen molar-refractivity contribution in [2.75, 3.05) is 4.72 Å². The van der Waals surface area contributed by atoms with Gasteiger partial charge in [0, 0.05) is 16.0 Å². The third kappa shape index (κ3) is 3.56. The summed E-state index contributed by atoms with van der Waals surface area (Å²) in [5.74, 6) is 5.59. The third-order valence-electron chi connectivity index (χ3n) is 3.22. The molecule has 3 aromatic rings. The summed E-state index contributed by atoms with van der Waals surface area (Å²) in [6, 6.07) is 18.9. The average Bonchev–Trinajstić information content (AvgIpc) is 3.14. The highest BCUT2D eigenvalue weighted by Gasteiger charge is 2.12. The monoisotopic (exact) mass is 325 g/mol. The van der Waals surface area contributed by atoms with Gasteiger partial charge in [-0.3, -0.25) is 10.2 Å². The number of carbonyl (C=O) groups excluding carboxylic acids is 1. The number of hydrogen-bond acceptors (Lipinski definition) is 5. The lowest BCUT2D eigenvalue weighted by molar-refractivity contribution is 0.0953. The third-order valence-corrected chi connectivity index (χ3v) is 4.05. The van der Waals surface area contributed by atoms with E-state index >= 15 is 0 Å². The molecule has 1 aromatic heterocycles. The predicted octanol–water partition coefficient (Wildman–Crippen LogP) is 3.67. The quantitative estimate of drug-likeness (QED) is 0.289. The van der Waals surface area contributed by atoms with Crippen LogP contribution in [0.3, 0.4) is 0 Å². The van der Waals surface area contributed by atoms with Crippen LogP contribution in [-0.2, 0) is 0 Å². The predicted molar refractivity (Wildman–Crippen MR) is 91.7 cm³/mol. The lowest BCUT2D eigenvalue weighted by atomic mass is 10.1. The Balaban J connectivity index is 1.92. The van der Waals surface area contributed by atoms with E-state index in [1.54, 1.807) is 18.4 Å². The van der Waals surface area contributed by atoms with Crippen LogP contribution in [0, 0.1) is 0 Å². The maximum absolute atomic E-state index is 11.7. The van der Waals surface area contributed by atoms with Crippen molar-refractivity contribution >= 4 is 23.5 Å². The van der Waals surface area contributed by atoms with Crippen molar-refractivity contribution < 1.29 is 9.21 Å². The van der Waals surface area contributed by atoms with Gasteiger partial charge in [-0.25, -0.2) is 5.84 Å². The number of amides is 1. The molecular formula is C17H15N3O2S. The first kappa shape index (κ1) is 15.2. The van der Waals surface area contributed by atoms with Crippen LogP contribution in [0.25, 0.3) is 11.3 Å². The molecule has 0 atom stereocenters. The number of benzene rings is 2. The standard InChI is InChI=1S/C17H15N3O2S/c18-19-17(21)12-8-9-14(16-7-4-10-22-16)15(11-12)20-23-13-5-2-1-3-6-13/h1-11,20H,18H2,(H,19,21). The van der Waals surface area contributed by atoms with Crippen LogP contribution in [0.15, 0.2) is 76.2 Å². The van der Waals surface area contributed by atoms with E-state index in [1.165, 1.54) is 11.9 Å². The fourth-order valence-electron chi connectivity index (χ4n) is 2.10. The van der Waals surface area contributed by atoms with E-state index in [0.717, 1.165) is 21.9 Å². The number of anilines is 1. The number of rotatable bonds is 5. The van der Waals surface area contributed by atoms with Crippen LogP contribution >= 0.6 is 11.9 Å². The molecule has 0 unspecified atom stereocenters. The van der Waals surface area contributed by atoms with Gasteiger partial charge in [0.1, 0.15) is 5.76 Å². The first-order chi connectivity index (χ1) is 11.3. The molecule has 0 aliphatic rings. The number of hydrazine groups is 1. The number of furan rings is 1. The lowest BCUT2D eigenvalue weighted by Crippen LogP contribution is -2.29. The van der Waals surface area contributed by atoms with Gasteiger partial charge >= 0.3 is 0 Å². The first-order valence-corrected chi connectivity index (χ1v) is 7.76. The van der Waals surface area contributed by atoms with Crippen LogP contribution in [0.4, 0.5) is 5.69 Å². The fraction of sp³-hybridized carbons (Fsp3) is 0. The molecule has 0 saturated heterocycles. The second-order valence-electron chi connectivity index (χ2n) is 4.73. The van der Waals surface area contributed by atoms with Gasteiger partial charge in [-0.1, -0.05) is 18.2 Å².